The van der Waals surface area contributed by atoms with Crippen LogP contribution in [0.5, 0.6) is 5.75 Å². The highest BCUT2D eigenvalue weighted by molar-refractivity contribution is 14.1. The van der Waals surface area contributed by atoms with Gasteiger partial charge in [-0.1, -0.05) is 81.4 Å². The smallest absolute Gasteiger partial charge is 0.143 e. The second-order valence-corrected chi connectivity index (χ2v) is 15.4. The van der Waals surface area contributed by atoms with Gasteiger partial charge in [0.05, 0.1) is 15.9 Å². The van der Waals surface area contributed by atoms with Crippen molar-refractivity contribution in [3.63, 3.8) is 0 Å². The Morgan fingerprint density at radius 1 is 0.796 bits per heavy atom. The molecular formula is C42H30FIN2O2S. The van der Waals surface area contributed by atoms with Crippen molar-refractivity contribution in [2.24, 2.45) is 4.99 Å². The van der Waals surface area contributed by atoms with Gasteiger partial charge in [0.25, 0.3) is 0 Å². The van der Waals surface area contributed by atoms with Crippen LogP contribution in [0.2, 0.25) is 0 Å². The number of aromatic hydroxyl groups is 1. The molecule has 0 saturated heterocycles. The Bertz CT molecular complexity index is 2580. The lowest BCUT2D eigenvalue weighted by Crippen LogP contribution is -2.12. The SMILES string of the molecule is CC(C)(C)c1cc(I)cc(C=Nc2ccccc2-c2nc3c(-c4cccc5c4oc4ccccc45)cc(-c4ccc(F)cc4)cc3s2)c1O. The summed E-state index contributed by atoms with van der Waals surface area (Å²) in [7, 11) is 0. The number of para-hydroxylation sites is 3. The van der Waals surface area contributed by atoms with E-state index in [1.807, 2.05) is 54.6 Å². The molecule has 4 nitrogen and oxygen atoms in total. The number of hydrogen-bond donors (Lipinski definition) is 1. The lowest BCUT2D eigenvalue weighted by atomic mass is 9.85. The van der Waals surface area contributed by atoms with Crippen molar-refractivity contribution in [3.05, 3.63) is 136 Å². The summed E-state index contributed by atoms with van der Waals surface area (Å²) in [5.74, 6) is -0.0330. The summed E-state index contributed by atoms with van der Waals surface area (Å²) in [6.45, 7) is 6.27. The minimum atomic E-state index is -0.275. The van der Waals surface area contributed by atoms with Gasteiger partial charge in [0.1, 0.15) is 27.7 Å². The van der Waals surface area contributed by atoms with Crippen molar-refractivity contribution >= 4 is 78.0 Å². The maximum atomic E-state index is 13.9. The average Bonchev–Trinajstić information content (AvgIpc) is 3.70. The number of hydrogen-bond acceptors (Lipinski definition) is 5. The molecule has 0 aliphatic carbocycles. The van der Waals surface area contributed by atoms with Gasteiger partial charge >= 0.3 is 0 Å². The number of aromatic nitrogens is 1. The molecule has 8 rings (SSSR count). The number of rotatable bonds is 5. The van der Waals surface area contributed by atoms with Gasteiger partial charge in [-0.3, -0.25) is 4.99 Å². The quantitative estimate of drug-likeness (QED) is 0.140. The Morgan fingerprint density at radius 3 is 2.35 bits per heavy atom. The number of phenolic OH excluding ortho intramolecular Hbond substituents is 1. The molecule has 0 fully saturated rings. The van der Waals surface area contributed by atoms with E-state index in [9.17, 15) is 9.50 Å². The molecule has 7 heteroatoms. The second-order valence-electron chi connectivity index (χ2n) is 13.1. The molecular weight excluding hydrogens is 742 g/mol. The Balaban J connectivity index is 1.31. The van der Waals surface area contributed by atoms with Crippen molar-refractivity contribution in [1.29, 1.82) is 0 Å². The predicted octanol–water partition coefficient (Wildman–Crippen LogP) is 12.7. The number of benzene rings is 6. The molecule has 0 saturated carbocycles. The number of thiazole rings is 1. The van der Waals surface area contributed by atoms with Crippen LogP contribution in [-0.2, 0) is 5.41 Å². The van der Waals surface area contributed by atoms with Gasteiger partial charge in [-0.25, -0.2) is 9.37 Å². The normalized spacial score (nSPS) is 12.2. The summed E-state index contributed by atoms with van der Waals surface area (Å²) in [6.07, 6.45) is 1.74. The molecule has 49 heavy (non-hydrogen) atoms. The summed E-state index contributed by atoms with van der Waals surface area (Å²) in [5, 5.41) is 14.1. The van der Waals surface area contributed by atoms with Crippen LogP contribution in [0.25, 0.3) is 65.0 Å². The monoisotopic (exact) mass is 772 g/mol. The number of aliphatic imine (C=N–C) groups is 1. The highest BCUT2D eigenvalue weighted by atomic mass is 127. The second kappa shape index (κ2) is 12.2. The van der Waals surface area contributed by atoms with Gasteiger partial charge in [0.15, 0.2) is 0 Å². The Kier molecular flexibility index (Phi) is 7.84. The van der Waals surface area contributed by atoms with Crippen LogP contribution in [-0.4, -0.2) is 16.3 Å². The van der Waals surface area contributed by atoms with Gasteiger partial charge in [-0.15, -0.1) is 11.3 Å². The van der Waals surface area contributed by atoms with Crippen molar-refractivity contribution in [3.8, 4) is 38.6 Å². The van der Waals surface area contributed by atoms with Crippen molar-refractivity contribution < 1.29 is 13.9 Å². The van der Waals surface area contributed by atoms with E-state index in [0.29, 0.717) is 5.56 Å². The van der Waals surface area contributed by atoms with Crippen molar-refractivity contribution in [2.45, 2.75) is 26.2 Å². The summed E-state index contributed by atoms with van der Waals surface area (Å²) in [6, 6.07) is 37.0. The molecule has 0 radical (unpaired) electrons. The van der Waals surface area contributed by atoms with Crippen molar-refractivity contribution in [2.75, 3.05) is 0 Å². The standard InChI is InChI=1S/C42H30FIN2O2S/c1-42(2,3)34-22-28(44)19-26(39(34)47)23-45-35-13-6-4-10-32(35)41-46-38-33(20-25(21-37(38)49-41)24-15-17-27(43)18-16-24)31-12-8-11-30-29-9-5-7-14-36(29)48-40(30)31/h4-23,47H,1-3H3. The van der Waals surface area contributed by atoms with Gasteiger partial charge < -0.3 is 9.52 Å². The first-order chi connectivity index (χ1) is 23.6. The molecule has 240 valence electrons. The van der Waals surface area contributed by atoms with E-state index < -0.39 is 0 Å². The minimum absolute atomic E-state index is 0.218. The predicted molar refractivity (Wildman–Crippen MR) is 210 cm³/mol. The minimum Gasteiger partial charge on any atom is -0.507 e. The van der Waals surface area contributed by atoms with E-state index in [2.05, 4.69) is 79.8 Å². The molecule has 0 aliphatic heterocycles. The van der Waals surface area contributed by atoms with Gasteiger partial charge in [0, 0.05) is 48.4 Å². The van der Waals surface area contributed by atoms with Crippen molar-refractivity contribution in [1.82, 2.24) is 4.98 Å². The fraction of sp³-hybridized carbons (Fsp3) is 0.0952. The number of furan rings is 1. The average molecular weight is 773 g/mol. The van der Waals surface area contributed by atoms with E-state index in [4.69, 9.17) is 14.4 Å². The third kappa shape index (κ3) is 5.81. The zero-order valence-electron chi connectivity index (χ0n) is 27.0. The maximum absolute atomic E-state index is 13.9. The molecule has 0 bridgehead atoms. The molecule has 2 heterocycles. The molecule has 8 aromatic rings. The third-order valence-corrected chi connectivity index (χ3v) is 10.4. The largest absolute Gasteiger partial charge is 0.507 e. The molecule has 0 amide bonds. The number of halogens is 2. The zero-order valence-corrected chi connectivity index (χ0v) is 29.9. The maximum Gasteiger partial charge on any atom is 0.143 e. The molecule has 0 unspecified atom stereocenters. The van der Waals surface area contributed by atoms with Gasteiger partial charge in [-0.05, 0) is 93.7 Å². The first-order valence-corrected chi connectivity index (χ1v) is 17.8. The van der Waals surface area contributed by atoms with Gasteiger partial charge in [-0.2, -0.15) is 0 Å². The summed E-state index contributed by atoms with van der Waals surface area (Å²) < 4.78 is 22.4. The molecule has 0 aliphatic rings. The zero-order chi connectivity index (χ0) is 33.9. The lowest BCUT2D eigenvalue weighted by molar-refractivity contribution is 0.445. The van der Waals surface area contributed by atoms with Crippen LogP contribution in [0.4, 0.5) is 10.1 Å². The topological polar surface area (TPSA) is 58.6 Å². The third-order valence-electron chi connectivity index (χ3n) is 8.76. The lowest BCUT2D eigenvalue weighted by Gasteiger charge is -2.21. The first kappa shape index (κ1) is 31.4. The van der Waals surface area contributed by atoms with E-state index in [1.165, 1.54) is 12.1 Å². The van der Waals surface area contributed by atoms with Crippen LogP contribution in [0, 0.1) is 9.39 Å². The molecule has 0 atom stereocenters. The summed E-state index contributed by atoms with van der Waals surface area (Å²) >= 11 is 3.87. The fourth-order valence-corrected chi connectivity index (χ4v) is 8.03. The molecule has 2 aromatic heterocycles. The van der Waals surface area contributed by atoms with Gasteiger partial charge in [0.2, 0.25) is 0 Å². The summed E-state index contributed by atoms with van der Waals surface area (Å²) in [4.78, 5) is 10.2. The number of fused-ring (bicyclic) bond motifs is 4. The number of phenols is 1. The Labute approximate surface area is 300 Å². The number of nitrogens with zero attached hydrogens (tertiary/aromatic N) is 2. The Morgan fingerprint density at radius 2 is 1.53 bits per heavy atom. The van der Waals surface area contributed by atoms with E-state index >= 15 is 0 Å². The molecule has 0 spiro atoms. The summed E-state index contributed by atoms with van der Waals surface area (Å²) in [5.41, 5.74) is 9.18. The molecule has 6 aromatic carbocycles. The van der Waals surface area contributed by atoms with Crippen LogP contribution in [0.3, 0.4) is 0 Å². The first-order valence-electron chi connectivity index (χ1n) is 15.9. The van der Waals surface area contributed by atoms with E-state index in [-0.39, 0.29) is 17.0 Å². The van der Waals surface area contributed by atoms with E-state index in [0.717, 1.165) is 79.8 Å². The highest BCUT2D eigenvalue weighted by Crippen LogP contribution is 2.44. The van der Waals surface area contributed by atoms with E-state index in [1.54, 1.807) is 29.7 Å². The fourth-order valence-electron chi connectivity index (χ4n) is 6.31. The van der Waals surface area contributed by atoms with Crippen LogP contribution in [0.15, 0.2) is 125 Å². The molecule has 1 N–H and O–H groups in total. The Hall–Kier alpha value is -4.86. The van der Waals surface area contributed by atoms with Crippen LogP contribution in [0.1, 0.15) is 31.9 Å². The van der Waals surface area contributed by atoms with Crippen LogP contribution >= 0.6 is 33.9 Å². The highest BCUT2D eigenvalue weighted by Gasteiger charge is 2.22. The van der Waals surface area contributed by atoms with Crippen LogP contribution < -0.4 is 0 Å².